The molecule has 5 rings (SSSR count). The first-order valence-corrected chi connectivity index (χ1v) is 9.63. The minimum absolute atomic E-state index is 0.0392. The number of ether oxygens (including phenoxy) is 1. The van der Waals surface area contributed by atoms with E-state index < -0.39 is 17.1 Å². The van der Waals surface area contributed by atoms with Crippen LogP contribution in [-0.2, 0) is 28.3 Å². The van der Waals surface area contributed by atoms with Gasteiger partial charge >= 0.3 is 5.97 Å². The maximum Gasteiger partial charge on any atom is 0.343 e. The molecule has 2 aromatic heterocycles. The Kier molecular flexibility index (Phi) is 3.70. The molecule has 2 aliphatic heterocycles. The van der Waals surface area contributed by atoms with E-state index in [1.165, 1.54) is 11.5 Å². The van der Waals surface area contributed by atoms with Crippen molar-refractivity contribution < 1.29 is 24.2 Å². The number of hydrogen-bond donors (Lipinski definition) is 1. The molecular weight excluding hydrogens is 388 g/mol. The van der Waals surface area contributed by atoms with Crippen LogP contribution in [0.15, 0.2) is 35.1 Å². The number of ketones is 1. The maximum absolute atomic E-state index is 13.2. The number of fused-ring (bicyclic) bond motifs is 5. The summed E-state index contributed by atoms with van der Waals surface area (Å²) in [7, 11) is 0. The second-order valence-corrected chi connectivity index (χ2v) is 7.75. The summed E-state index contributed by atoms with van der Waals surface area (Å²) >= 11 is 0. The minimum atomic E-state index is -1.92. The highest BCUT2D eigenvalue weighted by atomic mass is 16.6. The lowest BCUT2D eigenvalue weighted by atomic mass is 9.86. The predicted molar refractivity (Wildman–Crippen MR) is 106 cm³/mol. The molecule has 0 saturated heterocycles. The normalized spacial score (nSPS) is 19.2. The number of rotatable bonds is 2. The van der Waals surface area contributed by atoms with Gasteiger partial charge in [0.25, 0.3) is 5.56 Å². The number of esters is 1. The van der Waals surface area contributed by atoms with E-state index in [0.717, 1.165) is 4.73 Å². The molecule has 0 aliphatic carbocycles. The van der Waals surface area contributed by atoms with Crippen LogP contribution < -0.4 is 10.3 Å². The second-order valence-electron chi connectivity index (χ2n) is 7.75. The Morgan fingerprint density at radius 2 is 2.07 bits per heavy atom. The van der Waals surface area contributed by atoms with Crippen molar-refractivity contribution in [2.75, 3.05) is 0 Å². The number of pyridine rings is 2. The van der Waals surface area contributed by atoms with Crippen molar-refractivity contribution in [2.45, 2.75) is 39.0 Å². The molecule has 0 bridgehead atoms. The van der Waals surface area contributed by atoms with Crippen LogP contribution in [-0.4, -0.2) is 21.4 Å². The van der Waals surface area contributed by atoms with Crippen molar-refractivity contribution in [1.29, 1.82) is 0 Å². The number of carbonyl (C=O) groups is 2. The average Bonchev–Trinajstić information content (AvgIpc) is 3.10. The third-order valence-corrected chi connectivity index (χ3v) is 6.10. The fraction of sp³-hybridized carbons (Fsp3) is 0.273. The number of nitrogens with zero attached hydrogens (tertiary/aromatic N) is 2. The summed E-state index contributed by atoms with van der Waals surface area (Å²) < 4.78 is 7.25. The highest BCUT2D eigenvalue weighted by Gasteiger charge is 2.46. The lowest BCUT2D eigenvalue weighted by Crippen LogP contribution is -2.44. The van der Waals surface area contributed by atoms with Crippen molar-refractivity contribution in [2.24, 2.45) is 0 Å². The Morgan fingerprint density at radius 3 is 2.77 bits per heavy atom. The lowest BCUT2D eigenvalue weighted by Gasteiger charge is -2.31. The SMILES string of the molecule is CC[C@@]1(O)C(=O)OCc2c1cc1n(c2=O)Cc2cc3cc(C(C)=O)ccc3[n+]([O-])c2-1. The summed E-state index contributed by atoms with van der Waals surface area (Å²) in [5.41, 5.74) is 0.228. The van der Waals surface area contributed by atoms with Crippen molar-refractivity contribution in [3.63, 3.8) is 0 Å². The quantitative estimate of drug-likeness (QED) is 0.234. The number of Topliss-reactive ketones (excluding diaryl/α,β-unsaturated/α-hetero) is 1. The van der Waals surface area contributed by atoms with Crippen LogP contribution in [0, 0.1) is 5.21 Å². The van der Waals surface area contributed by atoms with E-state index in [1.54, 1.807) is 37.3 Å². The van der Waals surface area contributed by atoms with Gasteiger partial charge in [0.05, 0.1) is 12.1 Å². The van der Waals surface area contributed by atoms with E-state index in [-0.39, 0.29) is 36.5 Å². The van der Waals surface area contributed by atoms with E-state index in [0.29, 0.717) is 33.4 Å². The number of benzene rings is 1. The first-order valence-electron chi connectivity index (χ1n) is 9.63. The zero-order chi connectivity index (χ0) is 21.4. The number of carbonyl (C=O) groups excluding carboxylic acids is 2. The fourth-order valence-corrected chi connectivity index (χ4v) is 4.39. The standard InChI is InChI=1S/C22H18N2O6/c1-3-22(28)16-8-18-19-14(9-23(18)20(26)15(16)10-30-21(22)27)7-13-6-12(11(2)25)4-5-17(13)24(19)29/h4-8,28H,3,9-10H2,1-2H3/t22-/m0/s1. The molecular formula is C22H18N2O6. The molecule has 152 valence electrons. The van der Waals surface area contributed by atoms with Gasteiger partial charge in [0.2, 0.25) is 11.2 Å². The van der Waals surface area contributed by atoms with Crippen LogP contribution in [0.25, 0.3) is 22.3 Å². The Morgan fingerprint density at radius 1 is 1.30 bits per heavy atom. The van der Waals surface area contributed by atoms with Gasteiger partial charge in [0.1, 0.15) is 12.3 Å². The van der Waals surface area contributed by atoms with Crippen LogP contribution in [0.4, 0.5) is 0 Å². The van der Waals surface area contributed by atoms with Crippen LogP contribution in [0.2, 0.25) is 0 Å². The summed E-state index contributed by atoms with van der Waals surface area (Å²) in [6, 6.07) is 8.18. The third-order valence-electron chi connectivity index (χ3n) is 6.10. The molecule has 8 nitrogen and oxygen atoms in total. The topological polar surface area (TPSA) is 113 Å². The van der Waals surface area contributed by atoms with E-state index in [2.05, 4.69) is 0 Å². The summed E-state index contributed by atoms with van der Waals surface area (Å²) in [6.45, 7) is 3.05. The largest absolute Gasteiger partial charge is 0.618 e. The van der Waals surface area contributed by atoms with Crippen molar-refractivity contribution in [3.05, 3.63) is 68.1 Å². The molecule has 1 N–H and O–H groups in total. The monoisotopic (exact) mass is 406 g/mol. The molecule has 30 heavy (non-hydrogen) atoms. The van der Waals surface area contributed by atoms with Gasteiger partial charge in [0, 0.05) is 28.1 Å². The predicted octanol–water partition coefficient (Wildman–Crippen LogP) is 1.52. The second kappa shape index (κ2) is 5.99. The summed E-state index contributed by atoms with van der Waals surface area (Å²) in [6.07, 6.45) is 0.0392. The molecule has 0 saturated carbocycles. The number of aromatic nitrogens is 2. The number of aliphatic hydroxyl groups is 1. The van der Waals surface area contributed by atoms with Crippen molar-refractivity contribution in [3.8, 4) is 11.4 Å². The van der Waals surface area contributed by atoms with Crippen LogP contribution >= 0.6 is 0 Å². The zero-order valence-electron chi connectivity index (χ0n) is 16.4. The van der Waals surface area contributed by atoms with Crippen LogP contribution in [0.3, 0.4) is 0 Å². The molecule has 0 unspecified atom stereocenters. The van der Waals surface area contributed by atoms with Gasteiger partial charge in [0.15, 0.2) is 11.4 Å². The molecule has 4 heterocycles. The van der Waals surface area contributed by atoms with Gasteiger partial charge in [-0.3, -0.25) is 14.2 Å². The molecule has 0 amide bonds. The van der Waals surface area contributed by atoms with Gasteiger partial charge in [-0.1, -0.05) is 6.92 Å². The maximum atomic E-state index is 13.2. The lowest BCUT2D eigenvalue weighted by molar-refractivity contribution is -0.565. The zero-order valence-corrected chi connectivity index (χ0v) is 16.4. The Hall–Kier alpha value is -3.52. The Bertz CT molecular complexity index is 1360. The molecule has 0 fully saturated rings. The molecule has 2 aliphatic rings. The Balaban J connectivity index is 1.80. The Labute approximate surface area is 170 Å². The van der Waals surface area contributed by atoms with E-state index in [1.807, 2.05) is 0 Å². The molecule has 8 heteroatoms. The number of hydrogen-bond acceptors (Lipinski definition) is 6. The molecule has 3 aromatic rings. The molecule has 0 spiro atoms. The van der Waals surface area contributed by atoms with Crippen molar-refractivity contribution in [1.82, 2.24) is 4.57 Å². The van der Waals surface area contributed by atoms with Crippen LogP contribution in [0.1, 0.15) is 47.3 Å². The van der Waals surface area contributed by atoms with Crippen molar-refractivity contribution >= 4 is 22.7 Å². The molecule has 1 aromatic carbocycles. The summed E-state index contributed by atoms with van der Waals surface area (Å²) in [4.78, 5) is 37.1. The van der Waals surface area contributed by atoms with E-state index >= 15 is 0 Å². The first-order chi connectivity index (χ1) is 14.3. The number of cyclic esters (lactones) is 1. The van der Waals surface area contributed by atoms with E-state index in [4.69, 9.17) is 4.74 Å². The van der Waals surface area contributed by atoms with Gasteiger partial charge in [-0.25, -0.2) is 4.79 Å². The van der Waals surface area contributed by atoms with Gasteiger partial charge in [-0.2, -0.15) is 4.73 Å². The van der Waals surface area contributed by atoms with E-state index in [9.17, 15) is 24.7 Å². The summed E-state index contributed by atoms with van der Waals surface area (Å²) in [5, 5.41) is 24.7. The third kappa shape index (κ3) is 2.25. The first kappa shape index (κ1) is 18.5. The van der Waals surface area contributed by atoms with Gasteiger partial charge < -0.3 is 15.1 Å². The highest BCUT2D eigenvalue weighted by molar-refractivity contribution is 5.97. The smallest absolute Gasteiger partial charge is 0.343 e. The summed E-state index contributed by atoms with van der Waals surface area (Å²) in [5.74, 6) is -0.907. The minimum Gasteiger partial charge on any atom is -0.618 e. The fourth-order valence-electron chi connectivity index (χ4n) is 4.39. The van der Waals surface area contributed by atoms with Crippen LogP contribution in [0.5, 0.6) is 0 Å². The van der Waals surface area contributed by atoms with Gasteiger partial charge in [-0.15, -0.1) is 0 Å². The van der Waals surface area contributed by atoms with Gasteiger partial charge in [-0.05, 0) is 37.6 Å². The molecule has 1 atom stereocenters. The average molecular weight is 406 g/mol. The molecule has 0 radical (unpaired) electrons. The highest BCUT2D eigenvalue weighted by Crippen LogP contribution is 2.38.